The molecule has 5 nitrogen and oxygen atoms in total. The van der Waals surface area contributed by atoms with Crippen molar-refractivity contribution in [3.8, 4) is 11.1 Å². The summed E-state index contributed by atoms with van der Waals surface area (Å²) in [7, 11) is 0. The average molecular weight is 545 g/mol. The lowest BCUT2D eigenvalue weighted by Gasteiger charge is -2.21. The maximum atomic E-state index is 13.2. The second-order valence-corrected chi connectivity index (χ2v) is 9.30. The van der Waals surface area contributed by atoms with Crippen LogP contribution in [0.2, 0.25) is 0 Å². The quantitative estimate of drug-likeness (QED) is 0.268. The second kappa shape index (κ2) is 9.79. The maximum absolute atomic E-state index is 13.2. The van der Waals surface area contributed by atoms with Gasteiger partial charge in [-0.15, -0.1) is 0 Å². The van der Waals surface area contributed by atoms with E-state index in [2.05, 4.69) is 5.10 Å². The monoisotopic (exact) mass is 545 g/mol. The number of aromatic nitrogens is 2. The van der Waals surface area contributed by atoms with Crippen molar-refractivity contribution in [3.63, 3.8) is 0 Å². The lowest BCUT2D eigenvalue weighted by molar-refractivity contribution is -0.142. The van der Waals surface area contributed by atoms with Crippen LogP contribution >= 0.6 is 0 Å². The maximum Gasteiger partial charge on any atom is 0.436 e. The number of anilines is 1. The SMILES string of the molecule is O=C(O)c1cn(Cc2ccc(-c3cccc(CN4CCc5ccc(C(F)(F)F)cc54)c3)cc2)nc1C(F)(F)F. The highest BCUT2D eigenvalue weighted by molar-refractivity contribution is 5.88. The molecule has 1 aliphatic rings. The van der Waals surface area contributed by atoms with Gasteiger partial charge in [0.2, 0.25) is 0 Å². The minimum absolute atomic E-state index is 0.0506. The van der Waals surface area contributed by atoms with Crippen LogP contribution in [0.25, 0.3) is 11.1 Å². The van der Waals surface area contributed by atoms with E-state index in [0.717, 1.165) is 39.2 Å². The smallest absolute Gasteiger partial charge is 0.436 e. The Morgan fingerprint density at radius 1 is 0.846 bits per heavy atom. The largest absolute Gasteiger partial charge is 0.478 e. The summed E-state index contributed by atoms with van der Waals surface area (Å²) in [6.45, 7) is 1.00. The highest BCUT2D eigenvalue weighted by Gasteiger charge is 2.39. The van der Waals surface area contributed by atoms with E-state index < -0.39 is 35.1 Å². The molecule has 0 saturated heterocycles. The third kappa shape index (κ3) is 5.62. The molecule has 11 heteroatoms. The van der Waals surface area contributed by atoms with Gasteiger partial charge in [0, 0.05) is 25.0 Å². The fourth-order valence-corrected chi connectivity index (χ4v) is 4.71. The van der Waals surface area contributed by atoms with E-state index in [-0.39, 0.29) is 6.54 Å². The third-order valence-electron chi connectivity index (χ3n) is 6.60. The summed E-state index contributed by atoms with van der Waals surface area (Å²) in [5, 5.41) is 12.5. The molecular weight excluding hydrogens is 524 g/mol. The Hall–Kier alpha value is -4.28. The van der Waals surface area contributed by atoms with E-state index in [0.29, 0.717) is 30.8 Å². The molecule has 0 saturated carbocycles. The summed E-state index contributed by atoms with van der Waals surface area (Å²) in [5.74, 6) is -1.71. The second-order valence-electron chi connectivity index (χ2n) is 9.30. The van der Waals surface area contributed by atoms with Crippen molar-refractivity contribution in [2.75, 3.05) is 11.4 Å². The van der Waals surface area contributed by atoms with E-state index in [9.17, 15) is 31.1 Å². The number of carbonyl (C=O) groups is 1. The number of hydrogen-bond donors (Lipinski definition) is 1. The Balaban J connectivity index is 1.32. The zero-order valence-corrected chi connectivity index (χ0v) is 20.2. The highest BCUT2D eigenvalue weighted by Crippen LogP contribution is 2.37. The van der Waals surface area contributed by atoms with Crippen LogP contribution in [-0.2, 0) is 31.9 Å². The van der Waals surface area contributed by atoms with Gasteiger partial charge in [-0.05, 0) is 52.4 Å². The van der Waals surface area contributed by atoms with Crippen molar-refractivity contribution in [1.82, 2.24) is 9.78 Å². The molecule has 1 N–H and O–H groups in total. The number of aromatic carboxylic acids is 1. The van der Waals surface area contributed by atoms with Crippen LogP contribution in [0, 0.1) is 0 Å². The first kappa shape index (κ1) is 26.3. The van der Waals surface area contributed by atoms with Gasteiger partial charge in [0.15, 0.2) is 5.69 Å². The standard InChI is InChI=1S/C28H21F6N3O2/c29-27(30,31)22-9-8-20-10-11-36(24(20)13-22)14-18-2-1-3-21(12-18)19-6-4-17(5-7-19)15-37-16-23(26(38)39)25(35-37)28(32,33)34/h1-9,12-13,16H,10-11,14-15H2,(H,38,39). The molecule has 0 radical (unpaired) electrons. The van der Waals surface area contributed by atoms with Crippen molar-refractivity contribution in [2.24, 2.45) is 0 Å². The van der Waals surface area contributed by atoms with E-state index in [1.165, 1.54) is 12.1 Å². The summed E-state index contributed by atoms with van der Waals surface area (Å²) >= 11 is 0. The molecule has 0 unspecified atom stereocenters. The Kier molecular flexibility index (Phi) is 6.61. The van der Waals surface area contributed by atoms with Crippen LogP contribution in [0.15, 0.2) is 72.9 Å². The number of hydrogen-bond acceptors (Lipinski definition) is 3. The molecule has 202 valence electrons. The summed E-state index contributed by atoms with van der Waals surface area (Å²) < 4.78 is 79.9. The summed E-state index contributed by atoms with van der Waals surface area (Å²) in [6, 6.07) is 18.5. The Morgan fingerprint density at radius 3 is 2.23 bits per heavy atom. The van der Waals surface area contributed by atoms with Crippen LogP contribution in [0.4, 0.5) is 32.0 Å². The van der Waals surface area contributed by atoms with Crippen LogP contribution in [-0.4, -0.2) is 27.4 Å². The van der Waals surface area contributed by atoms with Crippen LogP contribution < -0.4 is 4.90 Å². The van der Waals surface area contributed by atoms with Gasteiger partial charge < -0.3 is 10.0 Å². The topological polar surface area (TPSA) is 58.4 Å². The Bertz CT molecular complexity index is 1520. The van der Waals surface area contributed by atoms with Crippen molar-refractivity contribution < 1.29 is 36.2 Å². The predicted molar refractivity (Wildman–Crippen MR) is 131 cm³/mol. The number of halogens is 6. The average Bonchev–Trinajstić information content (AvgIpc) is 3.48. The molecular formula is C28H21F6N3O2. The molecule has 1 aliphatic heterocycles. The molecule has 0 fully saturated rings. The molecule has 0 atom stereocenters. The Morgan fingerprint density at radius 2 is 1.59 bits per heavy atom. The van der Waals surface area contributed by atoms with Crippen LogP contribution in [0.1, 0.15) is 38.3 Å². The normalized spacial score (nSPS) is 13.5. The molecule has 4 aromatic rings. The number of alkyl halides is 6. The lowest BCUT2D eigenvalue weighted by Crippen LogP contribution is -2.20. The molecule has 0 bridgehead atoms. The van der Waals surface area contributed by atoms with Gasteiger partial charge in [0.1, 0.15) is 5.56 Å². The molecule has 0 amide bonds. The fourth-order valence-electron chi connectivity index (χ4n) is 4.71. The number of carboxylic acids is 1. The number of carboxylic acid groups (broad SMARTS) is 1. The summed E-state index contributed by atoms with van der Waals surface area (Å²) in [4.78, 5) is 13.1. The first-order chi connectivity index (χ1) is 18.4. The molecule has 2 heterocycles. The summed E-state index contributed by atoms with van der Waals surface area (Å²) in [6.07, 6.45) is -7.77. The number of fused-ring (bicyclic) bond motifs is 1. The predicted octanol–water partition coefficient (Wildman–Crippen LogP) is 6.90. The zero-order valence-electron chi connectivity index (χ0n) is 20.2. The van der Waals surface area contributed by atoms with E-state index in [1.807, 2.05) is 29.2 Å². The molecule has 3 aromatic carbocycles. The molecule has 0 spiro atoms. The molecule has 39 heavy (non-hydrogen) atoms. The van der Waals surface area contributed by atoms with Gasteiger partial charge >= 0.3 is 18.3 Å². The van der Waals surface area contributed by atoms with Gasteiger partial charge in [-0.3, -0.25) is 4.68 Å². The molecule has 0 aliphatic carbocycles. The van der Waals surface area contributed by atoms with E-state index in [1.54, 1.807) is 24.3 Å². The van der Waals surface area contributed by atoms with Crippen molar-refractivity contribution in [3.05, 3.63) is 106 Å². The van der Waals surface area contributed by atoms with Gasteiger partial charge in [0.05, 0.1) is 12.1 Å². The zero-order chi connectivity index (χ0) is 27.9. The van der Waals surface area contributed by atoms with E-state index >= 15 is 0 Å². The fraction of sp³-hybridized carbons (Fsp3) is 0.214. The van der Waals surface area contributed by atoms with Gasteiger partial charge in [-0.25, -0.2) is 4.79 Å². The molecule has 5 rings (SSSR count). The minimum Gasteiger partial charge on any atom is -0.478 e. The molecule has 1 aromatic heterocycles. The van der Waals surface area contributed by atoms with Crippen molar-refractivity contribution in [1.29, 1.82) is 0 Å². The number of nitrogens with zero attached hydrogens (tertiary/aromatic N) is 3. The lowest BCUT2D eigenvalue weighted by atomic mass is 10.0. The van der Waals surface area contributed by atoms with Crippen LogP contribution in [0.5, 0.6) is 0 Å². The number of benzene rings is 3. The highest BCUT2D eigenvalue weighted by atomic mass is 19.4. The number of rotatable bonds is 6. The van der Waals surface area contributed by atoms with Gasteiger partial charge in [0.25, 0.3) is 0 Å². The first-order valence-electron chi connectivity index (χ1n) is 11.9. The first-order valence-corrected chi connectivity index (χ1v) is 11.9. The van der Waals surface area contributed by atoms with Crippen molar-refractivity contribution in [2.45, 2.75) is 31.9 Å². The minimum atomic E-state index is -4.88. The summed E-state index contributed by atoms with van der Waals surface area (Å²) in [5.41, 5.74) is 1.67. The van der Waals surface area contributed by atoms with E-state index in [4.69, 9.17) is 5.11 Å². The van der Waals surface area contributed by atoms with Crippen LogP contribution in [0.3, 0.4) is 0 Å². The van der Waals surface area contributed by atoms with Crippen molar-refractivity contribution >= 4 is 11.7 Å². The van der Waals surface area contributed by atoms with Gasteiger partial charge in [-0.1, -0.05) is 48.5 Å². The van der Waals surface area contributed by atoms with Gasteiger partial charge in [-0.2, -0.15) is 31.4 Å². The Labute approximate surface area is 218 Å². The third-order valence-corrected chi connectivity index (χ3v) is 6.60.